The fourth-order valence-electron chi connectivity index (χ4n) is 4.21. The molecule has 1 aliphatic carbocycles. The molecule has 0 saturated carbocycles. The SMILES string of the molecule is CN1CCN(C(=O)OCC2c3ccccc3-c3ccccc32)C(CCO)C1=O. The Balaban J connectivity index is 1.51. The van der Waals surface area contributed by atoms with Gasteiger partial charge in [-0.05, 0) is 22.3 Å². The summed E-state index contributed by atoms with van der Waals surface area (Å²) >= 11 is 0. The Bertz CT molecular complexity index is 852. The average molecular weight is 380 g/mol. The highest BCUT2D eigenvalue weighted by atomic mass is 16.6. The van der Waals surface area contributed by atoms with E-state index < -0.39 is 12.1 Å². The summed E-state index contributed by atoms with van der Waals surface area (Å²) < 4.78 is 5.67. The van der Waals surface area contributed by atoms with Crippen LogP contribution >= 0.6 is 0 Å². The fraction of sp³-hybridized carbons (Fsp3) is 0.364. The number of hydrogen-bond donors (Lipinski definition) is 1. The number of piperazine rings is 1. The third kappa shape index (κ3) is 3.14. The van der Waals surface area contributed by atoms with E-state index in [1.807, 2.05) is 24.3 Å². The molecule has 0 radical (unpaired) electrons. The van der Waals surface area contributed by atoms with E-state index in [4.69, 9.17) is 4.74 Å². The zero-order chi connectivity index (χ0) is 19.7. The van der Waals surface area contributed by atoms with E-state index in [1.54, 1.807) is 11.9 Å². The number of hydrogen-bond acceptors (Lipinski definition) is 4. The normalized spacial score (nSPS) is 18.8. The van der Waals surface area contributed by atoms with Crippen LogP contribution in [0.2, 0.25) is 0 Å². The van der Waals surface area contributed by atoms with E-state index >= 15 is 0 Å². The lowest BCUT2D eigenvalue weighted by atomic mass is 9.98. The van der Waals surface area contributed by atoms with Crippen molar-refractivity contribution in [2.24, 2.45) is 0 Å². The van der Waals surface area contributed by atoms with Crippen molar-refractivity contribution >= 4 is 12.0 Å². The monoisotopic (exact) mass is 380 g/mol. The average Bonchev–Trinajstić information content (AvgIpc) is 3.04. The number of aliphatic hydroxyl groups is 1. The molecule has 0 aromatic heterocycles. The lowest BCUT2D eigenvalue weighted by molar-refractivity contribution is -0.139. The Morgan fingerprint density at radius 3 is 2.29 bits per heavy atom. The number of carbonyl (C=O) groups excluding carboxylic acids is 2. The molecule has 1 aliphatic heterocycles. The molecular formula is C22H24N2O4. The molecule has 1 N–H and O–H groups in total. The molecule has 1 fully saturated rings. The van der Waals surface area contributed by atoms with Crippen molar-refractivity contribution in [1.82, 2.24) is 9.80 Å². The number of benzene rings is 2. The summed E-state index contributed by atoms with van der Waals surface area (Å²) in [6.07, 6.45) is -0.283. The maximum atomic E-state index is 12.8. The van der Waals surface area contributed by atoms with Crippen LogP contribution in [0.1, 0.15) is 23.5 Å². The van der Waals surface area contributed by atoms with Crippen molar-refractivity contribution in [3.05, 3.63) is 59.7 Å². The van der Waals surface area contributed by atoms with Crippen molar-refractivity contribution in [2.75, 3.05) is 33.4 Å². The molecule has 6 nitrogen and oxygen atoms in total. The second-order valence-corrected chi connectivity index (χ2v) is 7.29. The van der Waals surface area contributed by atoms with Gasteiger partial charge >= 0.3 is 6.09 Å². The number of likely N-dealkylation sites (N-methyl/N-ethyl adjacent to an activating group) is 1. The molecule has 1 saturated heterocycles. The number of ether oxygens (including phenoxy) is 1. The molecule has 2 aromatic rings. The van der Waals surface area contributed by atoms with Crippen LogP contribution in [-0.2, 0) is 9.53 Å². The molecule has 0 spiro atoms. The van der Waals surface area contributed by atoms with E-state index in [0.717, 1.165) is 11.1 Å². The van der Waals surface area contributed by atoms with Gasteiger partial charge in [0.25, 0.3) is 0 Å². The number of nitrogens with zero attached hydrogens (tertiary/aromatic N) is 2. The molecule has 1 heterocycles. The maximum absolute atomic E-state index is 12.8. The number of fused-ring (bicyclic) bond motifs is 3. The van der Waals surface area contributed by atoms with Gasteiger partial charge in [0.2, 0.25) is 5.91 Å². The molecule has 28 heavy (non-hydrogen) atoms. The van der Waals surface area contributed by atoms with Gasteiger partial charge < -0.3 is 14.7 Å². The van der Waals surface area contributed by atoms with Crippen LogP contribution in [0.25, 0.3) is 11.1 Å². The molecular weight excluding hydrogens is 356 g/mol. The van der Waals surface area contributed by atoms with Crippen LogP contribution < -0.4 is 0 Å². The van der Waals surface area contributed by atoms with Crippen molar-refractivity contribution in [2.45, 2.75) is 18.4 Å². The number of aliphatic hydroxyl groups excluding tert-OH is 1. The largest absolute Gasteiger partial charge is 0.448 e. The Labute approximate surface area is 164 Å². The number of amides is 2. The number of carbonyl (C=O) groups is 2. The Kier molecular flexibility index (Phi) is 5.05. The summed E-state index contributed by atoms with van der Waals surface area (Å²) in [5.41, 5.74) is 4.65. The first kappa shape index (κ1) is 18.5. The second-order valence-electron chi connectivity index (χ2n) is 7.29. The van der Waals surface area contributed by atoms with Crippen molar-refractivity contribution in [1.29, 1.82) is 0 Å². The van der Waals surface area contributed by atoms with Crippen molar-refractivity contribution < 1.29 is 19.4 Å². The van der Waals surface area contributed by atoms with E-state index in [2.05, 4.69) is 24.3 Å². The highest BCUT2D eigenvalue weighted by molar-refractivity contribution is 5.87. The minimum absolute atomic E-state index is 0.0178. The van der Waals surface area contributed by atoms with Crippen LogP contribution in [-0.4, -0.2) is 66.3 Å². The molecule has 2 aliphatic rings. The summed E-state index contributed by atoms with van der Waals surface area (Å²) in [7, 11) is 1.71. The second kappa shape index (κ2) is 7.64. The first-order valence-corrected chi connectivity index (χ1v) is 9.59. The summed E-state index contributed by atoms with van der Waals surface area (Å²) in [6, 6.07) is 15.7. The van der Waals surface area contributed by atoms with E-state index in [1.165, 1.54) is 16.0 Å². The molecule has 1 atom stereocenters. The molecule has 146 valence electrons. The van der Waals surface area contributed by atoms with E-state index in [0.29, 0.717) is 13.1 Å². The third-order valence-electron chi connectivity index (χ3n) is 5.69. The lowest BCUT2D eigenvalue weighted by Crippen LogP contribution is -2.58. The van der Waals surface area contributed by atoms with Crippen molar-refractivity contribution in [3.8, 4) is 11.1 Å². The summed E-state index contributed by atoms with van der Waals surface area (Å²) in [5, 5.41) is 9.29. The van der Waals surface area contributed by atoms with Gasteiger partial charge in [-0.25, -0.2) is 4.79 Å². The van der Waals surface area contributed by atoms with Crippen LogP contribution in [0.3, 0.4) is 0 Å². The highest BCUT2D eigenvalue weighted by Crippen LogP contribution is 2.44. The smallest absolute Gasteiger partial charge is 0.410 e. The van der Waals surface area contributed by atoms with E-state index in [-0.39, 0.29) is 31.5 Å². The zero-order valence-corrected chi connectivity index (χ0v) is 15.9. The zero-order valence-electron chi connectivity index (χ0n) is 15.9. The quantitative estimate of drug-likeness (QED) is 0.885. The van der Waals surface area contributed by atoms with Gasteiger partial charge in [-0.2, -0.15) is 0 Å². The van der Waals surface area contributed by atoms with Crippen molar-refractivity contribution in [3.63, 3.8) is 0 Å². The molecule has 2 aromatic carbocycles. The summed E-state index contributed by atoms with van der Waals surface area (Å²) in [5.74, 6) is -0.176. The van der Waals surface area contributed by atoms with Crippen LogP contribution in [0.4, 0.5) is 4.79 Å². The topological polar surface area (TPSA) is 70.1 Å². The van der Waals surface area contributed by atoms with Gasteiger partial charge in [0, 0.05) is 39.1 Å². The molecule has 1 unspecified atom stereocenters. The predicted molar refractivity (Wildman–Crippen MR) is 105 cm³/mol. The van der Waals surface area contributed by atoms with Gasteiger partial charge in [-0.1, -0.05) is 48.5 Å². The molecule has 6 heteroatoms. The number of rotatable bonds is 4. The minimum atomic E-state index is -0.667. The van der Waals surface area contributed by atoms with Gasteiger partial charge in [-0.3, -0.25) is 9.69 Å². The molecule has 4 rings (SSSR count). The van der Waals surface area contributed by atoms with E-state index in [9.17, 15) is 14.7 Å². The minimum Gasteiger partial charge on any atom is -0.448 e. The van der Waals surface area contributed by atoms with Gasteiger partial charge in [0.1, 0.15) is 12.6 Å². The van der Waals surface area contributed by atoms with Crippen LogP contribution in [0.5, 0.6) is 0 Å². The first-order valence-electron chi connectivity index (χ1n) is 9.59. The van der Waals surface area contributed by atoms with Gasteiger partial charge in [-0.15, -0.1) is 0 Å². The predicted octanol–water partition coefficient (Wildman–Crippen LogP) is 2.46. The summed E-state index contributed by atoms with van der Waals surface area (Å²) in [6.45, 7) is 0.936. The Morgan fingerprint density at radius 2 is 1.68 bits per heavy atom. The van der Waals surface area contributed by atoms with Gasteiger partial charge in [0.05, 0.1) is 0 Å². The third-order valence-corrected chi connectivity index (χ3v) is 5.69. The van der Waals surface area contributed by atoms with Gasteiger partial charge in [0.15, 0.2) is 0 Å². The molecule has 2 amide bonds. The lowest BCUT2D eigenvalue weighted by Gasteiger charge is -2.38. The Morgan fingerprint density at radius 1 is 1.07 bits per heavy atom. The highest BCUT2D eigenvalue weighted by Gasteiger charge is 2.37. The standard InChI is InChI=1S/C22H24N2O4/c1-23-11-12-24(20(10-13-25)21(23)26)22(27)28-14-19-17-8-4-2-6-15(17)16-7-3-5-9-18(16)19/h2-9,19-20,25H,10-14H2,1H3. The summed E-state index contributed by atoms with van der Waals surface area (Å²) in [4.78, 5) is 28.2. The maximum Gasteiger partial charge on any atom is 0.410 e. The molecule has 0 bridgehead atoms. The fourth-order valence-corrected chi connectivity index (χ4v) is 4.21. The first-order chi connectivity index (χ1) is 13.6. The van der Waals surface area contributed by atoms with Crippen LogP contribution in [0, 0.1) is 0 Å². The van der Waals surface area contributed by atoms with Crippen LogP contribution in [0.15, 0.2) is 48.5 Å². The Hall–Kier alpha value is -2.86.